The highest BCUT2D eigenvalue weighted by molar-refractivity contribution is 5.15. The minimum absolute atomic E-state index is 0.375. The van der Waals surface area contributed by atoms with Crippen molar-refractivity contribution in [2.24, 2.45) is 5.73 Å². The van der Waals surface area contributed by atoms with E-state index in [1.165, 1.54) is 6.20 Å². The third kappa shape index (κ3) is 2.32. The van der Waals surface area contributed by atoms with Crippen molar-refractivity contribution in [1.29, 1.82) is 0 Å². The fourth-order valence-corrected chi connectivity index (χ4v) is 0.954. The van der Waals surface area contributed by atoms with Crippen LogP contribution in [0.4, 0.5) is 8.78 Å². The van der Waals surface area contributed by atoms with E-state index in [9.17, 15) is 8.78 Å². The van der Waals surface area contributed by atoms with Gasteiger partial charge in [-0.2, -0.15) is 4.39 Å². The second-order valence-corrected chi connectivity index (χ2v) is 2.67. The van der Waals surface area contributed by atoms with Crippen molar-refractivity contribution < 1.29 is 8.78 Å². The van der Waals surface area contributed by atoms with Crippen LogP contribution in [0.25, 0.3) is 0 Å². The monoisotopic (exact) mass is 184 g/mol. The van der Waals surface area contributed by atoms with E-state index in [1.54, 1.807) is 6.08 Å². The Balaban J connectivity index is 2.89. The van der Waals surface area contributed by atoms with Crippen molar-refractivity contribution in [2.75, 3.05) is 0 Å². The third-order valence-corrected chi connectivity index (χ3v) is 1.67. The summed E-state index contributed by atoms with van der Waals surface area (Å²) in [7, 11) is 0. The topological polar surface area (TPSA) is 38.9 Å². The van der Waals surface area contributed by atoms with Crippen LogP contribution >= 0.6 is 0 Å². The fourth-order valence-electron chi connectivity index (χ4n) is 0.954. The first-order chi connectivity index (χ1) is 6.15. The van der Waals surface area contributed by atoms with Gasteiger partial charge in [0.1, 0.15) is 0 Å². The molecule has 1 aromatic heterocycles. The van der Waals surface area contributed by atoms with Crippen LogP contribution in [0, 0.1) is 11.8 Å². The van der Waals surface area contributed by atoms with E-state index in [-0.39, 0.29) is 6.04 Å². The Hall–Kier alpha value is -1.29. The molecule has 0 fully saturated rings. The van der Waals surface area contributed by atoms with Crippen molar-refractivity contribution in [3.05, 3.63) is 42.2 Å². The van der Waals surface area contributed by atoms with Gasteiger partial charge in [-0.1, -0.05) is 6.08 Å². The Morgan fingerprint density at radius 1 is 1.62 bits per heavy atom. The lowest BCUT2D eigenvalue weighted by molar-refractivity contribution is 0.475. The van der Waals surface area contributed by atoms with Crippen LogP contribution in [0.15, 0.2) is 24.9 Å². The van der Waals surface area contributed by atoms with Gasteiger partial charge in [0.15, 0.2) is 5.82 Å². The molecule has 2 N–H and O–H groups in total. The van der Waals surface area contributed by atoms with Gasteiger partial charge in [-0.25, -0.2) is 9.37 Å². The molecular weight excluding hydrogens is 174 g/mol. The van der Waals surface area contributed by atoms with Gasteiger partial charge in [0, 0.05) is 12.2 Å². The molecule has 0 spiro atoms. The Bertz CT molecular complexity index is 312. The Morgan fingerprint density at radius 3 is 2.85 bits per heavy atom. The SMILES string of the molecule is C=CC[C@H](N)c1cnc(F)c(F)c1. The van der Waals surface area contributed by atoms with Crippen molar-refractivity contribution in [2.45, 2.75) is 12.5 Å². The first kappa shape index (κ1) is 9.80. The smallest absolute Gasteiger partial charge is 0.248 e. The lowest BCUT2D eigenvalue weighted by Crippen LogP contribution is -2.10. The molecule has 0 aliphatic rings. The summed E-state index contributed by atoms with van der Waals surface area (Å²) in [6.07, 6.45) is 3.35. The molecule has 13 heavy (non-hydrogen) atoms. The van der Waals surface area contributed by atoms with Crippen LogP contribution < -0.4 is 5.73 Å². The number of rotatable bonds is 3. The predicted octanol–water partition coefficient (Wildman–Crippen LogP) is 1.94. The number of nitrogens with two attached hydrogens (primary N) is 1. The number of aromatic nitrogens is 1. The largest absolute Gasteiger partial charge is 0.324 e. The van der Waals surface area contributed by atoms with E-state index in [4.69, 9.17) is 5.73 Å². The highest BCUT2D eigenvalue weighted by Gasteiger charge is 2.08. The van der Waals surface area contributed by atoms with Gasteiger partial charge < -0.3 is 5.73 Å². The molecule has 1 atom stereocenters. The van der Waals surface area contributed by atoms with E-state index in [2.05, 4.69) is 11.6 Å². The van der Waals surface area contributed by atoms with E-state index in [0.29, 0.717) is 12.0 Å². The maximum absolute atomic E-state index is 12.7. The Labute approximate surface area is 75.1 Å². The molecular formula is C9H10F2N2. The van der Waals surface area contributed by atoms with Crippen LogP contribution in [0.5, 0.6) is 0 Å². The normalized spacial score (nSPS) is 12.5. The third-order valence-electron chi connectivity index (χ3n) is 1.67. The zero-order valence-electron chi connectivity index (χ0n) is 7.00. The second-order valence-electron chi connectivity index (χ2n) is 2.67. The lowest BCUT2D eigenvalue weighted by Gasteiger charge is -2.08. The summed E-state index contributed by atoms with van der Waals surface area (Å²) >= 11 is 0. The number of halogens is 2. The standard InChI is InChI=1S/C9H10F2N2/c1-2-3-8(12)6-4-7(10)9(11)13-5-6/h2,4-5,8H,1,3,12H2/t8-/m0/s1. The molecule has 0 aliphatic carbocycles. The van der Waals surface area contributed by atoms with E-state index >= 15 is 0 Å². The maximum Gasteiger partial charge on any atom is 0.248 e. The summed E-state index contributed by atoms with van der Waals surface area (Å²) in [6, 6.07) is 0.677. The van der Waals surface area contributed by atoms with Crippen molar-refractivity contribution in [3.8, 4) is 0 Å². The zero-order chi connectivity index (χ0) is 9.84. The molecule has 4 heteroatoms. The molecule has 0 saturated heterocycles. The zero-order valence-corrected chi connectivity index (χ0v) is 7.00. The van der Waals surface area contributed by atoms with Gasteiger partial charge in [-0.3, -0.25) is 0 Å². The van der Waals surface area contributed by atoms with E-state index < -0.39 is 11.8 Å². The van der Waals surface area contributed by atoms with E-state index in [1.807, 2.05) is 0 Å². The van der Waals surface area contributed by atoms with Crippen LogP contribution in [-0.4, -0.2) is 4.98 Å². The summed E-state index contributed by atoms with van der Waals surface area (Å²) in [5.74, 6) is -2.08. The molecule has 0 bridgehead atoms. The Kier molecular flexibility index (Phi) is 3.08. The van der Waals surface area contributed by atoms with Crippen molar-refractivity contribution >= 4 is 0 Å². The van der Waals surface area contributed by atoms with Gasteiger partial charge in [-0.15, -0.1) is 6.58 Å². The van der Waals surface area contributed by atoms with E-state index in [0.717, 1.165) is 6.07 Å². The number of pyridine rings is 1. The fraction of sp³-hybridized carbons (Fsp3) is 0.222. The molecule has 0 unspecified atom stereocenters. The second kappa shape index (κ2) is 4.09. The molecule has 0 saturated carbocycles. The quantitative estimate of drug-likeness (QED) is 0.576. The first-order valence-electron chi connectivity index (χ1n) is 3.82. The Morgan fingerprint density at radius 2 is 2.31 bits per heavy atom. The lowest BCUT2D eigenvalue weighted by atomic mass is 10.1. The molecule has 1 rings (SSSR count). The highest BCUT2D eigenvalue weighted by atomic mass is 19.2. The van der Waals surface area contributed by atoms with Crippen molar-refractivity contribution in [1.82, 2.24) is 4.98 Å². The molecule has 70 valence electrons. The summed E-state index contributed by atoms with van der Waals surface area (Å²) in [5.41, 5.74) is 6.10. The van der Waals surface area contributed by atoms with Gasteiger partial charge >= 0.3 is 0 Å². The average molecular weight is 184 g/mol. The molecule has 2 nitrogen and oxygen atoms in total. The maximum atomic E-state index is 12.7. The number of nitrogens with zero attached hydrogens (tertiary/aromatic N) is 1. The minimum atomic E-state index is -1.10. The van der Waals surface area contributed by atoms with Gasteiger partial charge in [-0.05, 0) is 18.1 Å². The minimum Gasteiger partial charge on any atom is -0.324 e. The summed E-state index contributed by atoms with van der Waals surface area (Å²) in [5, 5.41) is 0. The van der Waals surface area contributed by atoms with Crippen LogP contribution in [0.1, 0.15) is 18.0 Å². The number of hydrogen-bond donors (Lipinski definition) is 1. The first-order valence-corrected chi connectivity index (χ1v) is 3.82. The van der Waals surface area contributed by atoms with Crippen LogP contribution in [0.3, 0.4) is 0 Å². The van der Waals surface area contributed by atoms with Crippen LogP contribution in [-0.2, 0) is 0 Å². The summed E-state index contributed by atoms with van der Waals surface area (Å²) in [4.78, 5) is 3.23. The predicted molar refractivity (Wildman–Crippen MR) is 45.9 cm³/mol. The number of hydrogen-bond acceptors (Lipinski definition) is 2. The summed E-state index contributed by atoms with van der Waals surface area (Å²) in [6.45, 7) is 3.50. The molecule has 0 radical (unpaired) electrons. The van der Waals surface area contributed by atoms with Crippen LogP contribution in [0.2, 0.25) is 0 Å². The van der Waals surface area contributed by atoms with Gasteiger partial charge in [0.25, 0.3) is 0 Å². The highest BCUT2D eigenvalue weighted by Crippen LogP contribution is 2.15. The summed E-state index contributed by atoms with van der Waals surface area (Å²) < 4.78 is 25.1. The molecule has 1 aromatic rings. The molecule has 0 amide bonds. The van der Waals surface area contributed by atoms with Gasteiger partial charge in [0.05, 0.1) is 0 Å². The molecule has 0 aliphatic heterocycles. The molecule has 1 heterocycles. The molecule has 0 aromatic carbocycles. The average Bonchev–Trinajstić information content (AvgIpc) is 2.10. The van der Waals surface area contributed by atoms with Gasteiger partial charge in [0.2, 0.25) is 5.95 Å². The van der Waals surface area contributed by atoms with Crippen molar-refractivity contribution in [3.63, 3.8) is 0 Å².